The van der Waals surface area contributed by atoms with Crippen LogP contribution in [0.4, 0.5) is 17.5 Å². The summed E-state index contributed by atoms with van der Waals surface area (Å²) in [7, 11) is 1.93. The van der Waals surface area contributed by atoms with Crippen LogP contribution < -0.4 is 10.2 Å². The molecule has 132 valence electrons. The van der Waals surface area contributed by atoms with Crippen LogP contribution in [0.5, 0.6) is 0 Å². The lowest BCUT2D eigenvalue weighted by atomic mass is 10.2. The van der Waals surface area contributed by atoms with Gasteiger partial charge in [-0.25, -0.2) is 9.78 Å². The van der Waals surface area contributed by atoms with Gasteiger partial charge >= 0.3 is 5.97 Å². The molecule has 0 saturated carbocycles. The van der Waals surface area contributed by atoms with Gasteiger partial charge in [-0.15, -0.1) is 0 Å². The molecular weight excluding hydrogens is 328 g/mol. The third-order valence-electron chi connectivity index (χ3n) is 3.87. The lowest BCUT2D eigenvalue weighted by molar-refractivity contribution is 0.0698. The van der Waals surface area contributed by atoms with Crippen molar-refractivity contribution in [2.24, 2.45) is 0 Å². The minimum absolute atomic E-state index is 0.197. The van der Waals surface area contributed by atoms with Crippen molar-refractivity contribution in [3.63, 3.8) is 0 Å². The van der Waals surface area contributed by atoms with Crippen LogP contribution in [0.3, 0.4) is 0 Å². The molecule has 3 rings (SSSR count). The van der Waals surface area contributed by atoms with Crippen molar-refractivity contribution in [2.75, 3.05) is 17.3 Å². The van der Waals surface area contributed by atoms with Gasteiger partial charge in [0.25, 0.3) is 0 Å². The number of benzene rings is 2. The highest BCUT2D eigenvalue weighted by Gasteiger charge is 2.12. The summed E-state index contributed by atoms with van der Waals surface area (Å²) in [6, 6.07) is 18.6. The average molecular weight is 348 g/mol. The number of carbonyl (C=O) groups is 1. The summed E-state index contributed by atoms with van der Waals surface area (Å²) in [4.78, 5) is 22.4. The number of nitrogens with one attached hydrogen (secondary N) is 1. The third kappa shape index (κ3) is 4.16. The Labute approximate surface area is 152 Å². The van der Waals surface area contributed by atoms with E-state index in [-0.39, 0.29) is 5.56 Å². The van der Waals surface area contributed by atoms with E-state index >= 15 is 0 Å². The minimum Gasteiger partial charge on any atom is -0.478 e. The van der Waals surface area contributed by atoms with Gasteiger partial charge in [-0.3, -0.25) is 0 Å². The highest BCUT2D eigenvalue weighted by Crippen LogP contribution is 2.22. The molecule has 0 atom stereocenters. The molecule has 0 aliphatic carbocycles. The van der Waals surface area contributed by atoms with E-state index in [1.165, 1.54) is 0 Å². The number of hydrogen-bond acceptors (Lipinski definition) is 5. The van der Waals surface area contributed by atoms with Crippen LogP contribution in [0.25, 0.3) is 0 Å². The first-order chi connectivity index (χ1) is 12.5. The van der Waals surface area contributed by atoms with E-state index in [9.17, 15) is 9.90 Å². The zero-order valence-electron chi connectivity index (χ0n) is 14.7. The Balaban J connectivity index is 1.85. The van der Waals surface area contributed by atoms with E-state index in [0.29, 0.717) is 24.0 Å². The van der Waals surface area contributed by atoms with Gasteiger partial charge in [-0.2, -0.15) is 4.98 Å². The number of aromatic nitrogens is 2. The molecule has 0 fully saturated rings. The summed E-state index contributed by atoms with van der Waals surface area (Å²) in [6.45, 7) is 2.56. The summed E-state index contributed by atoms with van der Waals surface area (Å²) >= 11 is 0. The Morgan fingerprint density at radius 1 is 1.08 bits per heavy atom. The van der Waals surface area contributed by atoms with Crippen LogP contribution in [0.2, 0.25) is 0 Å². The molecule has 1 heterocycles. The molecule has 1 aromatic heterocycles. The first-order valence-electron chi connectivity index (χ1n) is 8.23. The second kappa shape index (κ2) is 7.65. The van der Waals surface area contributed by atoms with Crippen molar-refractivity contribution in [3.05, 3.63) is 77.5 Å². The fourth-order valence-electron chi connectivity index (χ4n) is 2.63. The number of nitrogens with zero attached hydrogens (tertiary/aromatic N) is 3. The molecule has 6 heteroatoms. The van der Waals surface area contributed by atoms with Crippen molar-refractivity contribution in [1.29, 1.82) is 0 Å². The van der Waals surface area contributed by atoms with E-state index in [1.807, 2.05) is 37.1 Å². The van der Waals surface area contributed by atoms with Gasteiger partial charge in [0, 0.05) is 25.4 Å². The van der Waals surface area contributed by atoms with Crippen LogP contribution in [0, 0.1) is 6.92 Å². The maximum atomic E-state index is 11.4. The fourth-order valence-corrected chi connectivity index (χ4v) is 2.63. The Morgan fingerprint density at radius 2 is 1.77 bits per heavy atom. The van der Waals surface area contributed by atoms with Crippen LogP contribution in [-0.2, 0) is 6.54 Å². The summed E-state index contributed by atoms with van der Waals surface area (Å²) in [5.41, 5.74) is 2.65. The molecular formula is C20H20N4O2. The molecule has 2 aromatic carbocycles. The van der Waals surface area contributed by atoms with Crippen molar-refractivity contribution >= 4 is 23.4 Å². The molecule has 0 unspecified atom stereocenters. The smallest absolute Gasteiger partial charge is 0.337 e. The van der Waals surface area contributed by atoms with Crippen LogP contribution >= 0.6 is 0 Å². The van der Waals surface area contributed by atoms with Crippen molar-refractivity contribution in [1.82, 2.24) is 9.97 Å². The van der Waals surface area contributed by atoms with Crippen LogP contribution in [-0.4, -0.2) is 28.1 Å². The van der Waals surface area contributed by atoms with Gasteiger partial charge in [-0.1, -0.05) is 42.5 Å². The monoisotopic (exact) mass is 348 g/mol. The van der Waals surface area contributed by atoms with Crippen LogP contribution in [0.15, 0.2) is 60.7 Å². The number of hydrogen-bond donors (Lipinski definition) is 2. The normalized spacial score (nSPS) is 10.4. The maximum Gasteiger partial charge on any atom is 0.337 e. The van der Waals surface area contributed by atoms with E-state index in [0.717, 1.165) is 11.3 Å². The molecule has 3 aromatic rings. The van der Waals surface area contributed by atoms with Gasteiger partial charge < -0.3 is 15.3 Å². The second-order valence-electron chi connectivity index (χ2n) is 6.01. The maximum absolute atomic E-state index is 11.4. The largest absolute Gasteiger partial charge is 0.478 e. The van der Waals surface area contributed by atoms with E-state index in [1.54, 1.807) is 30.3 Å². The number of para-hydroxylation sites is 1. The lowest BCUT2D eigenvalue weighted by Gasteiger charge is -2.19. The summed E-state index contributed by atoms with van der Waals surface area (Å²) in [5.74, 6) is 0.144. The predicted molar refractivity (Wildman–Crippen MR) is 102 cm³/mol. The van der Waals surface area contributed by atoms with Gasteiger partial charge in [0.15, 0.2) is 0 Å². The fraction of sp³-hybridized carbons (Fsp3) is 0.150. The topological polar surface area (TPSA) is 78.3 Å². The lowest BCUT2D eigenvalue weighted by Crippen LogP contribution is -2.20. The molecule has 0 aliphatic rings. The predicted octanol–water partition coefficient (Wildman–Crippen LogP) is 3.86. The number of carboxylic acid groups (broad SMARTS) is 1. The number of aromatic carboxylic acids is 1. The molecule has 2 N–H and O–H groups in total. The van der Waals surface area contributed by atoms with E-state index in [2.05, 4.69) is 27.4 Å². The standard InChI is InChI=1S/C20H20N4O2/c1-14-12-18(22-17-11-7-6-10-16(17)19(25)26)23-20(21-14)24(2)13-15-8-4-3-5-9-15/h3-12H,13H2,1-2H3,(H,25,26)(H,21,22,23). The SMILES string of the molecule is Cc1cc(Nc2ccccc2C(=O)O)nc(N(C)Cc2ccccc2)n1. The van der Waals surface area contributed by atoms with Gasteiger partial charge in [0.2, 0.25) is 5.95 Å². The molecule has 26 heavy (non-hydrogen) atoms. The molecule has 0 spiro atoms. The van der Waals surface area contributed by atoms with Gasteiger partial charge in [0.05, 0.1) is 11.3 Å². The van der Waals surface area contributed by atoms with E-state index < -0.39 is 5.97 Å². The van der Waals surface area contributed by atoms with E-state index in [4.69, 9.17) is 0 Å². The van der Waals surface area contributed by atoms with Gasteiger partial charge in [-0.05, 0) is 24.6 Å². The first-order valence-corrected chi connectivity index (χ1v) is 8.23. The second-order valence-corrected chi connectivity index (χ2v) is 6.01. The van der Waals surface area contributed by atoms with Crippen molar-refractivity contribution < 1.29 is 9.90 Å². The Hall–Kier alpha value is -3.41. The molecule has 6 nitrogen and oxygen atoms in total. The number of carboxylic acids is 1. The first kappa shape index (κ1) is 17.4. The summed E-state index contributed by atoms with van der Waals surface area (Å²) < 4.78 is 0. The van der Waals surface area contributed by atoms with Crippen molar-refractivity contribution in [2.45, 2.75) is 13.5 Å². The molecule has 0 saturated heterocycles. The van der Waals surface area contributed by atoms with Crippen LogP contribution in [0.1, 0.15) is 21.6 Å². The minimum atomic E-state index is -0.986. The molecule has 0 aliphatic heterocycles. The van der Waals surface area contributed by atoms with Gasteiger partial charge in [0.1, 0.15) is 5.82 Å². The Bertz CT molecular complexity index is 913. The number of anilines is 3. The Kier molecular flexibility index (Phi) is 5.12. The number of rotatable bonds is 6. The molecule has 0 radical (unpaired) electrons. The highest BCUT2D eigenvalue weighted by molar-refractivity contribution is 5.95. The third-order valence-corrected chi connectivity index (χ3v) is 3.87. The highest BCUT2D eigenvalue weighted by atomic mass is 16.4. The van der Waals surface area contributed by atoms with Crippen molar-refractivity contribution in [3.8, 4) is 0 Å². The summed E-state index contributed by atoms with van der Waals surface area (Å²) in [6.07, 6.45) is 0. The summed E-state index contributed by atoms with van der Waals surface area (Å²) in [5, 5.41) is 12.4. The number of aryl methyl sites for hydroxylation is 1. The zero-order chi connectivity index (χ0) is 18.5. The zero-order valence-corrected chi connectivity index (χ0v) is 14.7. The Morgan fingerprint density at radius 3 is 2.50 bits per heavy atom. The molecule has 0 amide bonds. The average Bonchev–Trinajstić information content (AvgIpc) is 2.62. The quantitative estimate of drug-likeness (QED) is 0.704. The molecule has 0 bridgehead atoms.